The van der Waals surface area contributed by atoms with Crippen molar-refractivity contribution < 1.29 is 28.8 Å². The van der Waals surface area contributed by atoms with E-state index >= 15 is 0 Å². The predicted molar refractivity (Wildman–Crippen MR) is 223 cm³/mol. The molecule has 4 atom stereocenters. The summed E-state index contributed by atoms with van der Waals surface area (Å²) in [6.07, 6.45) is 9.29. The summed E-state index contributed by atoms with van der Waals surface area (Å²) in [5, 5.41) is 23.8. The van der Waals surface area contributed by atoms with Gasteiger partial charge in [-0.2, -0.15) is 0 Å². The zero-order valence-electron chi connectivity index (χ0n) is 32.7. The van der Waals surface area contributed by atoms with Crippen molar-refractivity contribution in [2.45, 2.75) is 109 Å². The van der Waals surface area contributed by atoms with Crippen LogP contribution in [0.2, 0.25) is 16.4 Å². The Balaban J connectivity index is 1.29. The van der Waals surface area contributed by atoms with Crippen LogP contribution < -0.4 is 10.4 Å². The third kappa shape index (κ3) is 7.80. The third-order valence-electron chi connectivity index (χ3n) is 12.7. The third-order valence-corrected chi connectivity index (χ3v) is 18.0. The van der Waals surface area contributed by atoms with Crippen molar-refractivity contribution in [3.63, 3.8) is 0 Å². The number of rotatable bonds is 11. The molecule has 0 radical (unpaired) electrons. The molecule has 3 aromatic rings. The summed E-state index contributed by atoms with van der Waals surface area (Å²) in [5.74, 6) is -1.32. The molecule has 4 aliphatic rings. The summed E-state index contributed by atoms with van der Waals surface area (Å²) in [5.41, 5.74) is 4.05. The Morgan fingerprint density at radius 1 is 0.964 bits per heavy atom. The second-order valence-corrected chi connectivity index (χ2v) is 21.7. The highest BCUT2D eigenvalue weighted by Crippen LogP contribution is 2.52. The number of imide groups is 1. The van der Waals surface area contributed by atoms with Crippen molar-refractivity contribution in [3.8, 4) is 5.75 Å². The van der Waals surface area contributed by atoms with Crippen LogP contribution in [0.15, 0.2) is 95.6 Å². The lowest BCUT2D eigenvalue weighted by molar-refractivity contribution is -0.143. The average molecular weight is 780 g/mol. The van der Waals surface area contributed by atoms with Gasteiger partial charge in [-0.3, -0.25) is 14.5 Å². The monoisotopic (exact) mass is 779 g/mol. The van der Waals surface area contributed by atoms with Gasteiger partial charge in [-0.05, 0) is 101 Å². The zero-order valence-corrected chi connectivity index (χ0v) is 34.4. The summed E-state index contributed by atoms with van der Waals surface area (Å²) in [6, 6.07) is 26.1. The quantitative estimate of drug-likeness (QED) is 0.116. The number of aromatic hydroxyl groups is 1. The Hall–Kier alpha value is -3.47. The SMILES string of the molecule is CC/C(=C\c1ccc(O)cc1Cl)CC[C@H]1OB(O)C[C@H]2C1=C(CO[Si](c1ccccc1)(c1ccccc1)C(C)(C)C)C[C@H]1C(=O)N(C3CCCCC3)C(=O)[C@H]12. The second-order valence-electron chi connectivity index (χ2n) is 17.0. The van der Waals surface area contributed by atoms with Crippen molar-refractivity contribution in [1.29, 1.82) is 0 Å². The van der Waals surface area contributed by atoms with Gasteiger partial charge in [-0.1, -0.05) is 131 Å². The Morgan fingerprint density at radius 2 is 1.62 bits per heavy atom. The summed E-state index contributed by atoms with van der Waals surface area (Å²) in [4.78, 5) is 30.6. The molecule has 2 amide bonds. The molecule has 55 heavy (non-hydrogen) atoms. The van der Waals surface area contributed by atoms with Gasteiger partial charge in [-0.25, -0.2) is 0 Å². The van der Waals surface area contributed by atoms with Crippen LogP contribution in [-0.2, 0) is 18.7 Å². The molecule has 0 bridgehead atoms. The molecule has 2 aliphatic carbocycles. The molecule has 2 N–H and O–H groups in total. The van der Waals surface area contributed by atoms with E-state index in [2.05, 4.69) is 82.3 Å². The van der Waals surface area contributed by atoms with Crippen LogP contribution in [0.1, 0.15) is 91.0 Å². The second kappa shape index (κ2) is 16.6. The van der Waals surface area contributed by atoms with Crippen LogP contribution >= 0.6 is 11.6 Å². The standard InChI is InChI=1S/C45H55BClNO6Si/c1-5-30(25-31-22-23-34(49)27-39(31)47)21-24-40-41-32(29-53-55(45(2,3)4,35-17-11-7-12-18-35)36-19-13-8-14-20-36)26-37-42(38(41)28-46(52)54-40)44(51)48(43(37)50)33-15-9-6-10-16-33/h7-8,11-14,17-20,22-23,25,27,33,37-38,40,42,49,52H,5-6,9-10,15-16,21,24,26,28-29H2,1-4H3/b30-25+/t37-,38+,40-,42-/m1/s1. The predicted octanol–water partition coefficient (Wildman–Crippen LogP) is 8.33. The normalized spacial score (nSPS) is 24.0. The molecule has 1 saturated carbocycles. The van der Waals surface area contributed by atoms with Crippen molar-refractivity contribution >= 4 is 55.3 Å². The number of nitrogens with zero attached hydrogens (tertiary/aromatic N) is 1. The lowest BCUT2D eigenvalue weighted by Crippen LogP contribution is -2.66. The van der Waals surface area contributed by atoms with Crippen molar-refractivity contribution in [2.24, 2.45) is 17.8 Å². The fourth-order valence-electron chi connectivity index (χ4n) is 10.1. The van der Waals surface area contributed by atoms with Crippen LogP contribution in [0, 0.1) is 17.8 Å². The van der Waals surface area contributed by atoms with Crippen molar-refractivity contribution in [3.05, 3.63) is 106 Å². The first-order valence-corrected chi connectivity index (χ1v) is 22.6. The number of phenolic OH excluding ortho intramolecular Hbond substituents is 1. The molecular weight excluding hydrogens is 725 g/mol. The zero-order chi connectivity index (χ0) is 38.9. The molecule has 10 heteroatoms. The number of carbonyl (C=O) groups is 2. The van der Waals surface area contributed by atoms with E-state index < -0.39 is 33.4 Å². The number of hydrogen-bond donors (Lipinski definition) is 2. The smallest absolute Gasteiger partial charge is 0.455 e. The number of allylic oxidation sites excluding steroid dienone is 1. The van der Waals surface area contributed by atoms with Crippen LogP contribution in [-0.4, -0.2) is 61.0 Å². The maximum atomic E-state index is 14.5. The Kier molecular flexibility index (Phi) is 12.0. The van der Waals surface area contributed by atoms with E-state index in [0.717, 1.165) is 60.8 Å². The van der Waals surface area contributed by atoms with Gasteiger partial charge in [0, 0.05) is 6.04 Å². The van der Waals surface area contributed by atoms with Gasteiger partial charge in [0.15, 0.2) is 0 Å². The van der Waals surface area contributed by atoms with E-state index in [1.54, 1.807) is 17.0 Å². The molecule has 2 aliphatic heterocycles. The first kappa shape index (κ1) is 39.8. The summed E-state index contributed by atoms with van der Waals surface area (Å²) in [6.45, 7) is 9.21. The first-order valence-electron chi connectivity index (χ1n) is 20.3. The van der Waals surface area contributed by atoms with Crippen LogP contribution in [0.3, 0.4) is 0 Å². The topological polar surface area (TPSA) is 96.3 Å². The highest BCUT2D eigenvalue weighted by Gasteiger charge is 2.59. The highest BCUT2D eigenvalue weighted by molar-refractivity contribution is 6.99. The minimum Gasteiger partial charge on any atom is -0.508 e. The van der Waals surface area contributed by atoms with Gasteiger partial charge >= 0.3 is 7.12 Å². The molecule has 3 aromatic carbocycles. The maximum absolute atomic E-state index is 14.5. The largest absolute Gasteiger partial charge is 0.508 e. The lowest BCUT2D eigenvalue weighted by atomic mass is 9.58. The van der Waals surface area contributed by atoms with Crippen LogP contribution in [0.25, 0.3) is 6.08 Å². The number of benzene rings is 3. The van der Waals surface area contributed by atoms with E-state index in [4.69, 9.17) is 20.7 Å². The van der Waals surface area contributed by atoms with Gasteiger partial charge in [0.05, 0.1) is 29.6 Å². The summed E-state index contributed by atoms with van der Waals surface area (Å²) >= 11 is 6.50. The minimum atomic E-state index is -2.95. The Bertz CT molecular complexity index is 1880. The van der Waals surface area contributed by atoms with Crippen LogP contribution in [0.4, 0.5) is 0 Å². The highest BCUT2D eigenvalue weighted by atomic mass is 35.5. The van der Waals surface area contributed by atoms with Gasteiger partial charge in [0.25, 0.3) is 8.32 Å². The van der Waals surface area contributed by atoms with Crippen molar-refractivity contribution in [2.75, 3.05) is 6.61 Å². The number of hydrogen-bond acceptors (Lipinski definition) is 6. The molecule has 7 nitrogen and oxygen atoms in total. The van der Waals surface area contributed by atoms with E-state index in [1.807, 2.05) is 18.2 Å². The average Bonchev–Trinajstić information content (AvgIpc) is 3.43. The van der Waals surface area contributed by atoms with Gasteiger partial charge in [0.2, 0.25) is 11.8 Å². The van der Waals surface area contributed by atoms with E-state index in [9.17, 15) is 19.7 Å². The number of fused-ring (bicyclic) bond motifs is 3. The van der Waals surface area contributed by atoms with E-state index in [0.29, 0.717) is 30.9 Å². The summed E-state index contributed by atoms with van der Waals surface area (Å²) < 4.78 is 14.0. The molecule has 0 spiro atoms. The van der Waals surface area contributed by atoms with E-state index in [-0.39, 0.29) is 40.9 Å². The molecule has 3 fully saturated rings. The number of amides is 2. The summed E-state index contributed by atoms with van der Waals surface area (Å²) in [7, 11) is -4.00. The number of halogens is 1. The molecule has 2 heterocycles. The molecule has 0 unspecified atom stereocenters. The fraction of sp³-hybridized carbons (Fsp3) is 0.467. The number of phenols is 1. The number of carbonyl (C=O) groups excluding carboxylic acids is 2. The Labute approximate surface area is 333 Å². The molecule has 290 valence electrons. The molecule has 0 aromatic heterocycles. The minimum absolute atomic E-state index is 0.0517. The fourth-order valence-corrected chi connectivity index (χ4v) is 14.9. The van der Waals surface area contributed by atoms with Gasteiger partial charge < -0.3 is 19.2 Å². The van der Waals surface area contributed by atoms with Crippen molar-refractivity contribution in [1.82, 2.24) is 4.90 Å². The number of likely N-dealkylation sites (tertiary alicyclic amines) is 1. The Morgan fingerprint density at radius 3 is 2.22 bits per heavy atom. The molecule has 2 saturated heterocycles. The first-order chi connectivity index (χ1) is 26.4. The maximum Gasteiger partial charge on any atom is 0.455 e. The van der Waals surface area contributed by atoms with E-state index in [1.165, 1.54) is 10.4 Å². The molecular formula is C45H55BClNO6Si. The lowest BCUT2D eigenvalue weighted by Gasteiger charge is -2.46. The van der Waals surface area contributed by atoms with Gasteiger partial charge in [0.1, 0.15) is 5.75 Å². The van der Waals surface area contributed by atoms with Crippen LogP contribution in [0.5, 0.6) is 5.75 Å². The molecule has 7 rings (SSSR count). The van der Waals surface area contributed by atoms with Gasteiger partial charge in [-0.15, -0.1) is 0 Å².